The summed E-state index contributed by atoms with van der Waals surface area (Å²) in [4.78, 5) is -5.17. The van der Waals surface area contributed by atoms with Gasteiger partial charge in [-0.15, -0.1) is 0 Å². The predicted octanol–water partition coefficient (Wildman–Crippen LogP) is 3.44. The minimum atomic E-state index is -5.74. The number of ether oxygens (including phenoxy) is 1. The van der Waals surface area contributed by atoms with Crippen molar-refractivity contribution in [2.24, 2.45) is 0 Å². The van der Waals surface area contributed by atoms with E-state index in [0.717, 1.165) is 15.9 Å². The summed E-state index contributed by atoms with van der Waals surface area (Å²) in [5.74, 6) is 0. The van der Waals surface area contributed by atoms with Crippen LogP contribution in [0.4, 0.5) is 35.1 Å². The van der Waals surface area contributed by atoms with Crippen molar-refractivity contribution in [1.29, 1.82) is 0 Å². The van der Waals surface area contributed by atoms with Crippen LogP contribution < -0.4 is 0 Å². The summed E-state index contributed by atoms with van der Waals surface area (Å²) >= 11 is 1.02. The molecule has 0 radical (unpaired) electrons. The van der Waals surface area contributed by atoms with Crippen LogP contribution >= 0.6 is 15.9 Å². The molecule has 0 amide bonds. The third kappa shape index (κ3) is 3.23. The standard InChI is InChI=1S/C4HBrF8O/c5-3(10,11)4(12,13)14-2(8,9)1(6)7/h1H. The molecule has 0 aromatic heterocycles. The highest BCUT2D eigenvalue weighted by molar-refractivity contribution is 9.10. The third-order valence-corrected chi connectivity index (χ3v) is 1.31. The zero-order valence-electron chi connectivity index (χ0n) is 5.89. The highest BCUT2D eigenvalue weighted by Gasteiger charge is 2.63. The van der Waals surface area contributed by atoms with Crippen molar-refractivity contribution in [1.82, 2.24) is 0 Å². The van der Waals surface area contributed by atoms with E-state index in [2.05, 4.69) is 0 Å². The Labute approximate surface area is 80.1 Å². The smallest absolute Gasteiger partial charge is 0.245 e. The van der Waals surface area contributed by atoms with E-state index in [1.165, 1.54) is 0 Å². The lowest BCUT2D eigenvalue weighted by Gasteiger charge is -2.25. The molecule has 0 fully saturated rings. The first-order valence-corrected chi connectivity index (χ1v) is 3.50. The van der Waals surface area contributed by atoms with E-state index in [0.29, 0.717) is 0 Å². The molecule has 0 aliphatic rings. The number of rotatable bonds is 4. The van der Waals surface area contributed by atoms with Crippen molar-refractivity contribution in [2.45, 2.75) is 23.5 Å². The lowest BCUT2D eigenvalue weighted by molar-refractivity contribution is -0.433. The Morgan fingerprint density at radius 3 is 1.50 bits per heavy atom. The van der Waals surface area contributed by atoms with Crippen LogP contribution in [0.15, 0.2) is 0 Å². The second-order valence-electron chi connectivity index (χ2n) is 1.98. The Morgan fingerprint density at radius 2 is 1.29 bits per heavy atom. The summed E-state index contributed by atoms with van der Waals surface area (Å²) in [7, 11) is 0. The zero-order valence-corrected chi connectivity index (χ0v) is 7.47. The average Bonchev–Trinajstić information content (AvgIpc) is 1.80. The topological polar surface area (TPSA) is 9.23 Å². The summed E-state index contributed by atoms with van der Waals surface area (Å²) in [6.45, 7) is 0. The van der Waals surface area contributed by atoms with Gasteiger partial charge in [0.25, 0.3) is 0 Å². The number of alkyl halides is 9. The van der Waals surface area contributed by atoms with Crippen molar-refractivity contribution in [3.05, 3.63) is 0 Å². The molecule has 10 heteroatoms. The van der Waals surface area contributed by atoms with Crippen LogP contribution in [0.1, 0.15) is 0 Å². The van der Waals surface area contributed by atoms with Gasteiger partial charge >= 0.3 is 23.5 Å². The number of hydrogen-bond donors (Lipinski definition) is 0. The summed E-state index contributed by atoms with van der Waals surface area (Å²) in [6, 6.07) is 0. The molecule has 0 unspecified atom stereocenters. The number of hydrogen-bond acceptors (Lipinski definition) is 1. The second-order valence-corrected chi connectivity index (χ2v) is 2.98. The van der Waals surface area contributed by atoms with Gasteiger partial charge < -0.3 is 0 Å². The molecule has 0 saturated heterocycles. The van der Waals surface area contributed by atoms with Gasteiger partial charge in [-0.05, 0) is 0 Å². The van der Waals surface area contributed by atoms with Crippen LogP contribution in [-0.4, -0.2) is 23.5 Å². The fourth-order valence-electron chi connectivity index (χ4n) is 0.273. The maximum Gasteiger partial charge on any atom is 0.434 e. The van der Waals surface area contributed by atoms with Gasteiger partial charge in [0.05, 0.1) is 0 Å². The average molecular weight is 297 g/mol. The molecule has 0 N–H and O–H groups in total. The minimum Gasteiger partial charge on any atom is -0.245 e. The van der Waals surface area contributed by atoms with E-state index in [1.54, 1.807) is 0 Å². The monoisotopic (exact) mass is 296 g/mol. The van der Waals surface area contributed by atoms with Gasteiger partial charge in [0, 0.05) is 15.9 Å². The molecule has 0 aromatic rings. The molecule has 0 bridgehead atoms. The highest BCUT2D eigenvalue weighted by atomic mass is 79.9. The molecule has 0 heterocycles. The molecule has 1 nitrogen and oxygen atoms in total. The summed E-state index contributed by atoms with van der Waals surface area (Å²) in [5, 5.41) is 0. The van der Waals surface area contributed by atoms with Crippen LogP contribution in [0.3, 0.4) is 0 Å². The van der Waals surface area contributed by atoms with E-state index in [-0.39, 0.29) is 0 Å². The molecule has 14 heavy (non-hydrogen) atoms. The van der Waals surface area contributed by atoms with Crippen molar-refractivity contribution in [3.63, 3.8) is 0 Å². The van der Waals surface area contributed by atoms with Crippen LogP contribution in [0.25, 0.3) is 0 Å². The van der Waals surface area contributed by atoms with Crippen LogP contribution in [0.2, 0.25) is 0 Å². The molecule has 0 aliphatic carbocycles. The molecule has 0 aliphatic heterocycles. The molecule has 0 atom stereocenters. The lowest BCUT2D eigenvalue weighted by Crippen LogP contribution is -2.46. The minimum absolute atomic E-state index is 1.02. The van der Waals surface area contributed by atoms with Gasteiger partial charge in [-0.1, -0.05) is 0 Å². The quantitative estimate of drug-likeness (QED) is 0.570. The van der Waals surface area contributed by atoms with Gasteiger partial charge in [-0.3, -0.25) is 0 Å². The Balaban J connectivity index is 4.67. The Kier molecular flexibility index (Phi) is 3.76. The van der Waals surface area contributed by atoms with Crippen LogP contribution in [0, 0.1) is 0 Å². The lowest BCUT2D eigenvalue weighted by atomic mass is 10.6. The van der Waals surface area contributed by atoms with Gasteiger partial charge in [0.1, 0.15) is 0 Å². The molecule has 0 spiro atoms. The largest absolute Gasteiger partial charge is 0.434 e. The normalized spacial score (nSPS) is 15.0. The third-order valence-electron chi connectivity index (χ3n) is 0.848. The first kappa shape index (κ1) is 13.9. The van der Waals surface area contributed by atoms with E-state index in [9.17, 15) is 35.1 Å². The molecule has 0 rings (SSSR count). The molecule has 0 aromatic carbocycles. The van der Waals surface area contributed by atoms with E-state index in [1.807, 2.05) is 4.74 Å². The Hall–Kier alpha value is -0.120. The summed E-state index contributed by atoms with van der Waals surface area (Å²) in [6.07, 6.45) is -16.0. The zero-order chi connectivity index (χ0) is 11.8. The molecule has 0 saturated carbocycles. The van der Waals surface area contributed by atoms with Crippen molar-refractivity contribution >= 4 is 15.9 Å². The first-order chi connectivity index (χ1) is 5.90. The summed E-state index contributed by atoms with van der Waals surface area (Å²) < 4.78 is 95.5. The fraction of sp³-hybridized carbons (Fsp3) is 1.00. The van der Waals surface area contributed by atoms with E-state index < -0.39 is 23.5 Å². The van der Waals surface area contributed by atoms with Crippen molar-refractivity contribution < 1.29 is 39.9 Å². The van der Waals surface area contributed by atoms with Crippen LogP contribution in [0.5, 0.6) is 0 Å². The first-order valence-electron chi connectivity index (χ1n) is 2.71. The van der Waals surface area contributed by atoms with E-state index in [4.69, 9.17) is 0 Å². The van der Waals surface area contributed by atoms with Gasteiger partial charge in [0.2, 0.25) is 0 Å². The second kappa shape index (κ2) is 3.80. The van der Waals surface area contributed by atoms with Crippen molar-refractivity contribution in [2.75, 3.05) is 0 Å². The summed E-state index contributed by atoms with van der Waals surface area (Å²) in [5.41, 5.74) is 0. The highest BCUT2D eigenvalue weighted by Crippen LogP contribution is 2.44. The Morgan fingerprint density at radius 1 is 0.929 bits per heavy atom. The number of halogens is 9. The maximum absolute atomic E-state index is 12.0. The maximum atomic E-state index is 12.0. The molecular formula is C4HBrF8O. The van der Waals surface area contributed by atoms with E-state index >= 15 is 0 Å². The van der Waals surface area contributed by atoms with Crippen molar-refractivity contribution in [3.8, 4) is 0 Å². The van der Waals surface area contributed by atoms with Gasteiger partial charge in [-0.25, -0.2) is 13.5 Å². The Bertz CT molecular complexity index is 198. The molecular weight excluding hydrogens is 296 g/mol. The fourth-order valence-corrected chi connectivity index (χ4v) is 0.354. The molecule has 86 valence electrons. The van der Waals surface area contributed by atoms with Gasteiger partial charge in [0.15, 0.2) is 0 Å². The SMILES string of the molecule is FC(F)C(F)(F)OC(F)(F)C(F)(F)Br. The predicted molar refractivity (Wildman–Crippen MR) is 30.9 cm³/mol. The van der Waals surface area contributed by atoms with Crippen LogP contribution in [-0.2, 0) is 4.74 Å². The van der Waals surface area contributed by atoms with Gasteiger partial charge in [-0.2, -0.15) is 26.3 Å².